The predicted octanol–water partition coefficient (Wildman–Crippen LogP) is -0.156. The molecule has 14 heavy (non-hydrogen) atoms. The Morgan fingerprint density at radius 1 is 1.36 bits per heavy atom. The van der Waals surface area contributed by atoms with E-state index in [-0.39, 0.29) is 18.4 Å². The van der Waals surface area contributed by atoms with Crippen molar-refractivity contribution in [3.8, 4) is 0 Å². The van der Waals surface area contributed by atoms with Gasteiger partial charge in [-0.15, -0.1) is 0 Å². The fourth-order valence-electron chi connectivity index (χ4n) is 1.43. The Hall–Kier alpha value is -1.72. The number of H-pyrrole nitrogens is 1. The molecule has 0 aliphatic carbocycles. The zero-order chi connectivity index (χ0) is 9.97. The smallest absolute Gasteiger partial charge is 0.229 e. The van der Waals surface area contributed by atoms with Gasteiger partial charge < -0.3 is 0 Å². The van der Waals surface area contributed by atoms with Crippen LogP contribution >= 0.6 is 0 Å². The fraction of sp³-hybridized carbons (Fsp3) is 0.500. The van der Waals surface area contributed by atoms with Gasteiger partial charge in [0.05, 0.1) is 6.54 Å². The normalized spacial score (nSPS) is 17.6. The molecule has 0 radical (unpaired) electrons. The second kappa shape index (κ2) is 3.57. The van der Waals surface area contributed by atoms with Gasteiger partial charge in [-0.3, -0.25) is 19.6 Å². The molecule has 0 atom stereocenters. The average molecular weight is 194 g/mol. The molecular weight excluding hydrogens is 184 g/mol. The molecule has 1 aliphatic rings. The minimum Gasteiger partial charge on any atom is -0.275 e. The molecule has 1 N–H and O–H groups in total. The van der Waals surface area contributed by atoms with Crippen molar-refractivity contribution in [2.45, 2.75) is 25.8 Å². The van der Waals surface area contributed by atoms with Crippen molar-refractivity contribution in [2.24, 2.45) is 0 Å². The minimum absolute atomic E-state index is 0.127. The molecule has 6 nitrogen and oxygen atoms in total. The van der Waals surface area contributed by atoms with Gasteiger partial charge >= 0.3 is 0 Å². The Kier molecular flexibility index (Phi) is 2.26. The number of aromatic nitrogens is 3. The SMILES string of the molecule is O=C1CCCC(=O)N1Cc1ncn[nH]1. The van der Waals surface area contributed by atoms with Crippen LogP contribution in [-0.2, 0) is 16.1 Å². The second-order valence-electron chi connectivity index (χ2n) is 3.16. The number of imide groups is 1. The van der Waals surface area contributed by atoms with E-state index in [0.29, 0.717) is 25.1 Å². The molecule has 0 aromatic carbocycles. The van der Waals surface area contributed by atoms with E-state index in [9.17, 15) is 9.59 Å². The Bertz CT molecular complexity index is 330. The Balaban J connectivity index is 2.08. The summed E-state index contributed by atoms with van der Waals surface area (Å²) in [6.07, 6.45) is 2.90. The number of nitrogens with one attached hydrogen (secondary N) is 1. The molecule has 0 spiro atoms. The van der Waals surface area contributed by atoms with Gasteiger partial charge in [-0.05, 0) is 6.42 Å². The molecule has 2 amide bonds. The monoisotopic (exact) mass is 194 g/mol. The predicted molar refractivity (Wildman–Crippen MR) is 45.8 cm³/mol. The highest BCUT2D eigenvalue weighted by Gasteiger charge is 2.26. The van der Waals surface area contributed by atoms with Crippen molar-refractivity contribution in [1.82, 2.24) is 20.1 Å². The summed E-state index contributed by atoms with van der Waals surface area (Å²) in [4.78, 5) is 27.8. The van der Waals surface area contributed by atoms with Crippen LogP contribution in [0.5, 0.6) is 0 Å². The van der Waals surface area contributed by atoms with Crippen LogP contribution in [0.2, 0.25) is 0 Å². The molecule has 1 saturated heterocycles. The van der Waals surface area contributed by atoms with Crippen molar-refractivity contribution < 1.29 is 9.59 Å². The highest BCUT2D eigenvalue weighted by Crippen LogP contribution is 2.13. The number of carbonyl (C=O) groups is 2. The van der Waals surface area contributed by atoms with E-state index < -0.39 is 0 Å². The van der Waals surface area contributed by atoms with Crippen LogP contribution in [-0.4, -0.2) is 31.9 Å². The summed E-state index contributed by atoms with van der Waals surface area (Å²) in [7, 11) is 0. The highest BCUT2D eigenvalue weighted by molar-refractivity contribution is 5.97. The lowest BCUT2D eigenvalue weighted by Gasteiger charge is -2.23. The second-order valence-corrected chi connectivity index (χ2v) is 3.16. The lowest BCUT2D eigenvalue weighted by Crippen LogP contribution is -2.39. The molecule has 0 bridgehead atoms. The maximum atomic E-state index is 11.4. The molecule has 0 unspecified atom stereocenters. The quantitative estimate of drug-likeness (QED) is 0.663. The van der Waals surface area contributed by atoms with Gasteiger partial charge in [0.2, 0.25) is 11.8 Å². The van der Waals surface area contributed by atoms with Crippen molar-refractivity contribution in [1.29, 1.82) is 0 Å². The van der Waals surface area contributed by atoms with E-state index in [1.165, 1.54) is 11.2 Å². The van der Waals surface area contributed by atoms with E-state index in [2.05, 4.69) is 15.2 Å². The van der Waals surface area contributed by atoms with Crippen molar-refractivity contribution >= 4 is 11.8 Å². The summed E-state index contributed by atoms with van der Waals surface area (Å²) >= 11 is 0. The Morgan fingerprint density at radius 3 is 2.64 bits per heavy atom. The first-order valence-corrected chi connectivity index (χ1v) is 4.45. The van der Waals surface area contributed by atoms with Crippen LogP contribution in [0, 0.1) is 0 Å². The van der Waals surface area contributed by atoms with E-state index in [0.717, 1.165) is 0 Å². The number of carbonyl (C=O) groups excluding carboxylic acids is 2. The maximum absolute atomic E-state index is 11.4. The lowest BCUT2D eigenvalue weighted by atomic mass is 10.1. The maximum Gasteiger partial charge on any atom is 0.229 e. The molecule has 1 fully saturated rings. The summed E-state index contributed by atoms with van der Waals surface area (Å²) in [5.41, 5.74) is 0. The van der Waals surface area contributed by atoms with Crippen LogP contribution in [0.15, 0.2) is 6.33 Å². The molecule has 1 aromatic heterocycles. The summed E-state index contributed by atoms with van der Waals surface area (Å²) in [6, 6.07) is 0. The van der Waals surface area contributed by atoms with Gasteiger partial charge in [0.1, 0.15) is 12.2 Å². The van der Waals surface area contributed by atoms with Crippen LogP contribution in [0.25, 0.3) is 0 Å². The number of likely N-dealkylation sites (tertiary alicyclic amines) is 1. The third-order valence-corrected chi connectivity index (χ3v) is 2.16. The number of aromatic amines is 1. The molecule has 1 aromatic rings. The number of hydrogen-bond acceptors (Lipinski definition) is 4. The van der Waals surface area contributed by atoms with Gasteiger partial charge in [-0.25, -0.2) is 4.98 Å². The van der Waals surface area contributed by atoms with Crippen LogP contribution < -0.4 is 0 Å². The number of hydrogen-bond donors (Lipinski definition) is 1. The zero-order valence-corrected chi connectivity index (χ0v) is 7.56. The van der Waals surface area contributed by atoms with E-state index >= 15 is 0 Å². The molecular formula is C8H10N4O2. The lowest BCUT2D eigenvalue weighted by molar-refractivity contribution is -0.148. The van der Waals surface area contributed by atoms with Crippen molar-refractivity contribution in [3.05, 3.63) is 12.2 Å². The van der Waals surface area contributed by atoms with Gasteiger partial charge in [0, 0.05) is 12.8 Å². The Morgan fingerprint density at radius 2 is 2.07 bits per heavy atom. The highest BCUT2D eigenvalue weighted by atomic mass is 16.2. The van der Waals surface area contributed by atoms with Gasteiger partial charge in [0.25, 0.3) is 0 Å². The van der Waals surface area contributed by atoms with Gasteiger partial charge in [0.15, 0.2) is 0 Å². The Labute approximate surface area is 80.3 Å². The molecule has 2 rings (SSSR count). The molecule has 6 heteroatoms. The average Bonchev–Trinajstić information content (AvgIpc) is 2.64. The number of amides is 2. The topological polar surface area (TPSA) is 79.0 Å². The molecule has 1 aliphatic heterocycles. The van der Waals surface area contributed by atoms with Gasteiger partial charge in [-0.2, -0.15) is 5.10 Å². The molecule has 0 saturated carbocycles. The van der Waals surface area contributed by atoms with Crippen molar-refractivity contribution in [2.75, 3.05) is 0 Å². The zero-order valence-electron chi connectivity index (χ0n) is 7.56. The summed E-state index contributed by atoms with van der Waals surface area (Å²) in [6.45, 7) is 0.206. The number of piperidine rings is 1. The summed E-state index contributed by atoms with van der Waals surface area (Å²) < 4.78 is 0. The third kappa shape index (κ3) is 1.63. The largest absolute Gasteiger partial charge is 0.275 e. The number of nitrogens with zero attached hydrogens (tertiary/aromatic N) is 3. The van der Waals surface area contributed by atoms with Crippen molar-refractivity contribution in [3.63, 3.8) is 0 Å². The standard InChI is InChI=1S/C8H10N4O2/c13-7-2-1-3-8(14)12(7)4-6-9-5-10-11-6/h5H,1-4H2,(H,9,10,11). The fourth-order valence-corrected chi connectivity index (χ4v) is 1.43. The third-order valence-electron chi connectivity index (χ3n) is 2.16. The number of rotatable bonds is 2. The summed E-state index contributed by atoms with van der Waals surface area (Å²) in [5.74, 6) is 0.281. The first kappa shape index (κ1) is 8.86. The minimum atomic E-state index is -0.127. The molecule has 2 heterocycles. The first-order chi connectivity index (χ1) is 6.77. The van der Waals surface area contributed by atoms with Crippen LogP contribution in [0.4, 0.5) is 0 Å². The van der Waals surface area contributed by atoms with E-state index in [4.69, 9.17) is 0 Å². The molecule has 74 valence electrons. The van der Waals surface area contributed by atoms with E-state index in [1.807, 2.05) is 0 Å². The summed E-state index contributed by atoms with van der Waals surface area (Å²) in [5, 5.41) is 6.27. The first-order valence-electron chi connectivity index (χ1n) is 4.45. The van der Waals surface area contributed by atoms with Gasteiger partial charge in [-0.1, -0.05) is 0 Å². The van der Waals surface area contributed by atoms with Crippen LogP contribution in [0.1, 0.15) is 25.1 Å². The van der Waals surface area contributed by atoms with E-state index in [1.54, 1.807) is 0 Å². The van der Waals surface area contributed by atoms with Crippen LogP contribution in [0.3, 0.4) is 0 Å².